The highest BCUT2D eigenvalue weighted by Crippen LogP contribution is 2.00. The van der Waals surface area contributed by atoms with Gasteiger partial charge in [-0.15, -0.1) is 0 Å². The minimum atomic E-state index is 0.892. The molecule has 1 rings (SSSR count). The zero-order valence-electron chi connectivity index (χ0n) is 9.30. The topological polar surface area (TPSA) is 41.9 Å². The van der Waals surface area contributed by atoms with Crippen LogP contribution < -0.4 is 10.6 Å². The number of nitrogens with zero attached hydrogens (tertiary/aromatic N) is 2. The van der Waals surface area contributed by atoms with Crippen LogP contribution in [0.5, 0.6) is 0 Å². The number of nitrogens with one attached hydrogen (secondary N) is 2. The lowest BCUT2D eigenvalue weighted by molar-refractivity contribution is 0.595. The summed E-state index contributed by atoms with van der Waals surface area (Å²) in [7, 11) is 1.98. The molecule has 0 aliphatic rings. The lowest BCUT2D eigenvalue weighted by Gasteiger charge is -2.04. The number of hydrogen-bond acceptors (Lipinski definition) is 3. The third-order valence-electron chi connectivity index (χ3n) is 2.13. The molecule has 0 bridgehead atoms. The van der Waals surface area contributed by atoms with Crippen molar-refractivity contribution in [1.29, 1.82) is 0 Å². The van der Waals surface area contributed by atoms with Gasteiger partial charge in [-0.2, -0.15) is 5.10 Å². The minimum Gasteiger partial charge on any atom is -0.316 e. The van der Waals surface area contributed by atoms with Gasteiger partial charge in [0, 0.05) is 26.7 Å². The van der Waals surface area contributed by atoms with Crippen LogP contribution in [0.1, 0.15) is 18.3 Å². The molecular formula is C10H20N4. The molecule has 1 heterocycles. The number of hydrogen-bond donors (Lipinski definition) is 2. The third kappa shape index (κ3) is 3.47. The molecule has 0 saturated heterocycles. The Morgan fingerprint density at radius 1 is 1.36 bits per heavy atom. The lowest BCUT2D eigenvalue weighted by atomic mass is 10.3. The second-order valence-corrected chi connectivity index (χ2v) is 3.43. The van der Waals surface area contributed by atoms with E-state index in [9.17, 15) is 0 Å². The number of likely N-dealkylation sites (N-methyl/N-ethyl adjacent to an activating group) is 1. The molecule has 1 aromatic heterocycles. The van der Waals surface area contributed by atoms with Crippen LogP contribution in [0.15, 0.2) is 6.07 Å². The van der Waals surface area contributed by atoms with Gasteiger partial charge in [-0.3, -0.25) is 4.68 Å². The average Bonchev–Trinajstić information content (AvgIpc) is 2.45. The summed E-state index contributed by atoms with van der Waals surface area (Å²) in [5, 5.41) is 10.9. The molecule has 2 N–H and O–H groups in total. The highest BCUT2D eigenvalue weighted by Gasteiger charge is 1.99. The highest BCUT2D eigenvalue weighted by atomic mass is 15.3. The summed E-state index contributed by atoms with van der Waals surface area (Å²) in [5.74, 6) is 0. The van der Waals surface area contributed by atoms with Crippen molar-refractivity contribution in [3.05, 3.63) is 17.5 Å². The van der Waals surface area contributed by atoms with E-state index in [1.54, 1.807) is 0 Å². The van der Waals surface area contributed by atoms with Crippen LogP contribution in [0.2, 0.25) is 0 Å². The minimum absolute atomic E-state index is 0.892. The molecule has 0 aliphatic heterocycles. The molecule has 0 atom stereocenters. The van der Waals surface area contributed by atoms with Gasteiger partial charge in [-0.05, 0) is 19.5 Å². The Labute approximate surface area is 85.7 Å². The van der Waals surface area contributed by atoms with Gasteiger partial charge < -0.3 is 10.6 Å². The zero-order valence-corrected chi connectivity index (χ0v) is 9.30. The smallest absolute Gasteiger partial charge is 0.0597 e. The van der Waals surface area contributed by atoms with Crippen LogP contribution in [0.25, 0.3) is 0 Å². The van der Waals surface area contributed by atoms with E-state index < -0.39 is 0 Å². The fourth-order valence-corrected chi connectivity index (χ4v) is 1.40. The number of aromatic nitrogens is 2. The van der Waals surface area contributed by atoms with E-state index in [2.05, 4.69) is 28.7 Å². The van der Waals surface area contributed by atoms with Crippen molar-refractivity contribution in [2.24, 2.45) is 7.05 Å². The SMILES string of the molecule is CCNCCNCc1cc(C)nn1C. The average molecular weight is 196 g/mol. The van der Waals surface area contributed by atoms with Crippen LogP contribution in [-0.4, -0.2) is 29.4 Å². The first kappa shape index (κ1) is 11.2. The van der Waals surface area contributed by atoms with Crippen molar-refractivity contribution in [2.75, 3.05) is 19.6 Å². The molecule has 1 aromatic rings. The predicted molar refractivity (Wildman–Crippen MR) is 58.2 cm³/mol. The van der Waals surface area contributed by atoms with Gasteiger partial charge in [0.1, 0.15) is 0 Å². The molecule has 4 heteroatoms. The van der Waals surface area contributed by atoms with E-state index in [0.717, 1.165) is 31.9 Å². The molecule has 0 radical (unpaired) electrons. The maximum Gasteiger partial charge on any atom is 0.0597 e. The van der Waals surface area contributed by atoms with Crippen LogP contribution in [-0.2, 0) is 13.6 Å². The molecule has 0 amide bonds. The summed E-state index contributed by atoms with van der Waals surface area (Å²) in [5.41, 5.74) is 2.31. The van der Waals surface area contributed by atoms with Crippen LogP contribution >= 0.6 is 0 Å². The highest BCUT2D eigenvalue weighted by molar-refractivity contribution is 5.08. The molecule has 0 saturated carbocycles. The summed E-state index contributed by atoms with van der Waals surface area (Å²) >= 11 is 0. The Hall–Kier alpha value is -0.870. The number of rotatable bonds is 6. The molecule has 14 heavy (non-hydrogen) atoms. The second-order valence-electron chi connectivity index (χ2n) is 3.43. The predicted octanol–water partition coefficient (Wildman–Crippen LogP) is 0.428. The lowest BCUT2D eigenvalue weighted by Crippen LogP contribution is -2.27. The number of aryl methyl sites for hydroxylation is 2. The van der Waals surface area contributed by atoms with Crippen LogP contribution in [0, 0.1) is 6.92 Å². The van der Waals surface area contributed by atoms with E-state index >= 15 is 0 Å². The third-order valence-corrected chi connectivity index (χ3v) is 2.13. The van der Waals surface area contributed by atoms with Crippen molar-refractivity contribution in [3.63, 3.8) is 0 Å². The fourth-order valence-electron chi connectivity index (χ4n) is 1.40. The largest absolute Gasteiger partial charge is 0.316 e. The van der Waals surface area contributed by atoms with Crippen LogP contribution in [0.4, 0.5) is 0 Å². The van der Waals surface area contributed by atoms with Crippen molar-refractivity contribution in [1.82, 2.24) is 20.4 Å². The molecule has 0 fully saturated rings. The molecule has 4 nitrogen and oxygen atoms in total. The van der Waals surface area contributed by atoms with E-state index in [1.807, 2.05) is 18.7 Å². The first-order valence-corrected chi connectivity index (χ1v) is 5.15. The van der Waals surface area contributed by atoms with Crippen molar-refractivity contribution >= 4 is 0 Å². The van der Waals surface area contributed by atoms with Gasteiger partial charge in [-0.1, -0.05) is 6.92 Å². The molecule has 80 valence electrons. The van der Waals surface area contributed by atoms with E-state index in [1.165, 1.54) is 5.69 Å². The molecule has 0 aliphatic carbocycles. The molecule has 0 spiro atoms. The van der Waals surface area contributed by atoms with Gasteiger partial charge in [0.25, 0.3) is 0 Å². The summed E-state index contributed by atoms with van der Waals surface area (Å²) in [6.07, 6.45) is 0. The van der Waals surface area contributed by atoms with Crippen molar-refractivity contribution in [3.8, 4) is 0 Å². The first-order valence-electron chi connectivity index (χ1n) is 5.15. The van der Waals surface area contributed by atoms with Crippen molar-refractivity contribution in [2.45, 2.75) is 20.4 Å². The summed E-state index contributed by atoms with van der Waals surface area (Å²) in [4.78, 5) is 0. The Morgan fingerprint density at radius 3 is 2.64 bits per heavy atom. The molecular weight excluding hydrogens is 176 g/mol. The molecule has 0 aromatic carbocycles. The van der Waals surface area contributed by atoms with Crippen LogP contribution in [0.3, 0.4) is 0 Å². The van der Waals surface area contributed by atoms with E-state index in [0.29, 0.717) is 0 Å². The van der Waals surface area contributed by atoms with Gasteiger partial charge in [0.15, 0.2) is 0 Å². The Morgan fingerprint density at radius 2 is 2.07 bits per heavy atom. The summed E-state index contributed by atoms with van der Waals surface area (Å²) in [6.45, 7) is 8.08. The molecule has 0 unspecified atom stereocenters. The second kappa shape index (κ2) is 5.78. The Balaban J connectivity index is 2.21. The Bertz CT molecular complexity index is 267. The fraction of sp³-hybridized carbons (Fsp3) is 0.700. The monoisotopic (exact) mass is 196 g/mol. The summed E-state index contributed by atoms with van der Waals surface area (Å²) in [6, 6.07) is 2.11. The van der Waals surface area contributed by atoms with Gasteiger partial charge in [-0.25, -0.2) is 0 Å². The quantitative estimate of drug-likeness (QED) is 0.648. The standard InChI is InChI=1S/C10H20N4/c1-4-11-5-6-12-8-10-7-9(2)13-14(10)3/h7,11-12H,4-6,8H2,1-3H3. The van der Waals surface area contributed by atoms with Gasteiger partial charge >= 0.3 is 0 Å². The normalized spacial score (nSPS) is 10.8. The van der Waals surface area contributed by atoms with Gasteiger partial charge in [0.2, 0.25) is 0 Å². The Kier molecular flexibility index (Phi) is 4.62. The van der Waals surface area contributed by atoms with E-state index in [4.69, 9.17) is 0 Å². The maximum absolute atomic E-state index is 4.29. The van der Waals surface area contributed by atoms with Crippen molar-refractivity contribution < 1.29 is 0 Å². The summed E-state index contributed by atoms with van der Waals surface area (Å²) < 4.78 is 1.93. The maximum atomic E-state index is 4.29. The zero-order chi connectivity index (χ0) is 10.4. The van der Waals surface area contributed by atoms with E-state index in [-0.39, 0.29) is 0 Å². The first-order chi connectivity index (χ1) is 6.74. The van der Waals surface area contributed by atoms with Gasteiger partial charge in [0.05, 0.1) is 11.4 Å².